The van der Waals surface area contributed by atoms with Crippen molar-refractivity contribution >= 4 is 50.7 Å². The van der Waals surface area contributed by atoms with E-state index in [1.165, 1.54) is 12.1 Å². The van der Waals surface area contributed by atoms with E-state index in [1.807, 2.05) is 13.0 Å². The molecule has 4 aromatic rings. The molecule has 34 heavy (non-hydrogen) atoms. The van der Waals surface area contributed by atoms with Crippen molar-refractivity contribution in [2.45, 2.75) is 26.9 Å². The monoisotopic (exact) mass is 505 g/mol. The fourth-order valence-electron chi connectivity index (χ4n) is 3.41. The van der Waals surface area contributed by atoms with Crippen LogP contribution in [0.15, 0.2) is 40.8 Å². The number of amides is 2. The Morgan fingerprint density at radius 3 is 2.68 bits per heavy atom. The third-order valence-corrected chi connectivity index (χ3v) is 6.37. The van der Waals surface area contributed by atoms with Gasteiger partial charge in [-0.05, 0) is 49.2 Å². The smallest absolute Gasteiger partial charge is 0.291 e. The van der Waals surface area contributed by atoms with Gasteiger partial charge in [0.05, 0.1) is 10.7 Å². The zero-order valence-corrected chi connectivity index (χ0v) is 19.5. The number of furan rings is 1. The van der Waals surface area contributed by atoms with Crippen LogP contribution in [-0.4, -0.2) is 16.8 Å². The summed E-state index contributed by atoms with van der Waals surface area (Å²) in [7, 11) is 0. The Bertz CT molecular complexity index is 1400. The normalized spacial score (nSPS) is 11.2. The number of nitrogens with zero attached hydrogens (tertiary/aromatic N) is 1. The van der Waals surface area contributed by atoms with Crippen LogP contribution in [-0.2, 0) is 6.61 Å². The minimum Gasteiger partial charge on any atom is -0.484 e. The number of halogens is 3. The number of benzene rings is 1. The lowest BCUT2D eigenvalue weighted by Crippen LogP contribution is -2.16. The molecule has 0 aliphatic carbocycles. The number of pyridine rings is 1. The van der Waals surface area contributed by atoms with Crippen molar-refractivity contribution in [1.29, 1.82) is 0 Å². The number of ether oxygens (including phenoxy) is 1. The Morgan fingerprint density at radius 1 is 1.24 bits per heavy atom. The summed E-state index contributed by atoms with van der Waals surface area (Å²) in [5, 5.41) is 3.43. The lowest BCUT2D eigenvalue weighted by atomic mass is 10.1. The number of hydrogen-bond acceptors (Lipinski definition) is 6. The van der Waals surface area contributed by atoms with Gasteiger partial charge in [0.1, 0.15) is 33.5 Å². The molecule has 0 saturated carbocycles. The number of carbonyl (C=O) groups is 2. The first kappa shape index (κ1) is 23.7. The first-order valence-corrected chi connectivity index (χ1v) is 11.1. The number of nitrogens with two attached hydrogens (primary N) is 1. The van der Waals surface area contributed by atoms with Crippen LogP contribution >= 0.6 is 22.9 Å². The summed E-state index contributed by atoms with van der Waals surface area (Å²) in [4.78, 5) is 28.9. The Morgan fingerprint density at radius 2 is 2.00 bits per heavy atom. The summed E-state index contributed by atoms with van der Waals surface area (Å²) < 4.78 is 37.6. The maximum absolute atomic E-state index is 13.1. The molecule has 0 bridgehead atoms. The van der Waals surface area contributed by atoms with Crippen molar-refractivity contribution < 1.29 is 27.5 Å². The summed E-state index contributed by atoms with van der Waals surface area (Å²) in [6, 6.07) is 9.59. The van der Waals surface area contributed by atoms with Gasteiger partial charge in [0.15, 0.2) is 5.76 Å². The second kappa shape index (κ2) is 9.40. The highest BCUT2D eigenvalue weighted by molar-refractivity contribution is 7.21. The van der Waals surface area contributed by atoms with E-state index in [9.17, 15) is 18.4 Å². The Labute approximate surface area is 201 Å². The highest BCUT2D eigenvalue weighted by Crippen LogP contribution is 2.38. The van der Waals surface area contributed by atoms with Crippen LogP contribution < -0.4 is 15.8 Å². The van der Waals surface area contributed by atoms with Crippen molar-refractivity contribution in [1.82, 2.24) is 4.98 Å². The van der Waals surface area contributed by atoms with E-state index in [4.69, 9.17) is 26.5 Å². The number of aryl methyl sites for hydroxylation is 2. The van der Waals surface area contributed by atoms with Crippen LogP contribution in [0.4, 0.5) is 14.5 Å². The number of primary amides is 1. The number of hydrogen-bond donors (Lipinski definition) is 2. The minimum atomic E-state index is -2.78. The molecule has 2 amide bonds. The average Bonchev–Trinajstić information content (AvgIpc) is 3.38. The lowest BCUT2D eigenvalue weighted by molar-refractivity contribution is 0.0992. The molecule has 3 heterocycles. The molecule has 0 aliphatic heterocycles. The van der Waals surface area contributed by atoms with Gasteiger partial charge in [-0.1, -0.05) is 23.7 Å². The molecule has 4 rings (SSSR count). The number of aromatic nitrogens is 1. The molecule has 7 nitrogen and oxygen atoms in total. The summed E-state index contributed by atoms with van der Waals surface area (Å²) in [6.07, 6.45) is -2.78. The summed E-state index contributed by atoms with van der Waals surface area (Å²) in [5.74, 6) is -0.638. The SMILES string of the molecule is Cc1cccc(Cl)c1OCc1ccc(C(=O)Nc2c(C(N)=O)sc3nc(C(F)F)cc(C)c23)o1. The van der Waals surface area contributed by atoms with Crippen molar-refractivity contribution in [2.24, 2.45) is 5.73 Å². The van der Waals surface area contributed by atoms with E-state index in [1.54, 1.807) is 25.1 Å². The summed E-state index contributed by atoms with van der Waals surface area (Å²) in [6.45, 7) is 3.47. The van der Waals surface area contributed by atoms with Gasteiger partial charge in [-0.2, -0.15) is 0 Å². The van der Waals surface area contributed by atoms with Gasteiger partial charge in [0.2, 0.25) is 0 Å². The number of fused-ring (bicyclic) bond motifs is 1. The standard InChI is InChI=1S/C23H18ClF2N3O4S/c1-10-4-3-5-13(24)18(10)32-9-12-6-7-15(33-12)22(31)29-17-16-11(2)8-14(20(25)26)28-23(16)34-19(17)21(27)30/h3-8,20H,9H2,1-2H3,(H2,27,30)(H,29,31). The third kappa shape index (κ3) is 4.59. The number of para-hydroxylation sites is 1. The average molecular weight is 506 g/mol. The highest BCUT2D eigenvalue weighted by atomic mass is 35.5. The van der Waals surface area contributed by atoms with Crippen molar-refractivity contribution in [3.8, 4) is 5.75 Å². The second-order valence-corrected chi connectivity index (χ2v) is 8.82. The molecule has 0 unspecified atom stereocenters. The maximum Gasteiger partial charge on any atom is 0.291 e. The highest BCUT2D eigenvalue weighted by Gasteiger charge is 2.24. The molecular weight excluding hydrogens is 488 g/mol. The molecule has 0 saturated heterocycles. The number of alkyl halides is 2. The number of thiophene rings is 1. The fraction of sp³-hybridized carbons (Fsp3) is 0.174. The van der Waals surface area contributed by atoms with Gasteiger partial charge in [0, 0.05) is 5.39 Å². The van der Waals surface area contributed by atoms with Crippen molar-refractivity contribution in [2.75, 3.05) is 5.32 Å². The van der Waals surface area contributed by atoms with E-state index in [-0.39, 0.29) is 27.8 Å². The third-order valence-electron chi connectivity index (χ3n) is 4.97. The molecule has 3 N–H and O–H groups in total. The Kier molecular flexibility index (Phi) is 6.54. The van der Waals surface area contributed by atoms with E-state index < -0.39 is 23.9 Å². The second-order valence-electron chi connectivity index (χ2n) is 7.41. The molecule has 0 aliphatic rings. The van der Waals surface area contributed by atoms with Gasteiger partial charge >= 0.3 is 0 Å². The molecule has 0 fully saturated rings. The Balaban J connectivity index is 1.58. The van der Waals surface area contributed by atoms with Crippen LogP contribution in [0.2, 0.25) is 5.02 Å². The van der Waals surface area contributed by atoms with Crippen molar-refractivity contribution in [3.05, 3.63) is 74.6 Å². The topological polar surface area (TPSA) is 107 Å². The van der Waals surface area contributed by atoms with Crippen LogP contribution in [0.1, 0.15) is 49.2 Å². The molecule has 0 spiro atoms. The molecule has 1 aromatic carbocycles. The summed E-state index contributed by atoms with van der Waals surface area (Å²) in [5.41, 5.74) is 6.40. The Hall–Kier alpha value is -3.50. The first-order valence-electron chi connectivity index (χ1n) is 9.95. The van der Waals surface area contributed by atoms with Crippen LogP contribution in [0.3, 0.4) is 0 Å². The zero-order valence-electron chi connectivity index (χ0n) is 17.9. The zero-order chi connectivity index (χ0) is 24.6. The first-order chi connectivity index (χ1) is 16.2. The maximum atomic E-state index is 13.1. The fourth-order valence-corrected chi connectivity index (χ4v) is 4.75. The number of rotatable bonds is 7. The van der Waals surface area contributed by atoms with E-state index >= 15 is 0 Å². The van der Waals surface area contributed by atoms with E-state index in [0.29, 0.717) is 27.5 Å². The summed E-state index contributed by atoms with van der Waals surface area (Å²) >= 11 is 6.99. The molecule has 0 radical (unpaired) electrons. The molecule has 0 atom stereocenters. The van der Waals surface area contributed by atoms with Crippen LogP contribution in [0, 0.1) is 13.8 Å². The predicted molar refractivity (Wildman–Crippen MR) is 125 cm³/mol. The minimum absolute atomic E-state index is 0.00493. The van der Waals surface area contributed by atoms with Crippen molar-refractivity contribution in [3.63, 3.8) is 0 Å². The van der Waals surface area contributed by atoms with Crippen LogP contribution in [0.25, 0.3) is 10.2 Å². The predicted octanol–water partition coefficient (Wildman–Crippen LogP) is 6.03. The molecular formula is C23H18ClF2N3O4S. The quantitative estimate of drug-likeness (QED) is 0.319. The van der Waals surface area contributed by atoms with Crippen LogP contribution in [0.5, 0.6) is 5.75 Å². The number of anilines is 1. The molecule has 3 aromatic heterocycles. The number of nitrogens with one attached hydrogen (secondary N) is 1. The van der Waals surface area contributed by atoms with Gasteiger partial charge in [-0.3, -0.25) is 9.59 Å². The van der Waals surface area contributed by atoms with E-state index in [0.717, 1.165) is 16.9 Å². The number of carbonyl (C=O) groups excluding carboxylic acids is 2. The lowest BCUT2D eigenvalue weighted by Gasteiger charge is -2.09. The van der Waals surface area contributed by atoms with E-state index in [2.05, 4.69) is 10.3 Å². The molecule has 11 heteroatoms. The van der Waals surface area contributed by atoms with Gasteiger partial charge in [-0.15, -0.1) is 11.3 Å². The molecule has 176 valence electrons. The van der Waals surface area contributed by atoms with Gasteiger partial charge in [-0.25, -0.2) is 13.8 Å². The van der Waals surface area contributed by atoms with Gasteiger partial charge < -0.3 is 20.2 Å². The largest absolute Gasteiger partial charge is 0.484 e. The van der Waals surface area contributed by atoms with Gasteiger partial charge in [0.25, 0.3) is 18.2 Å².